The monoisotopic (exact) mass is 221 g/mol. The van der Waals surface area contributed by atoms with Crippen molar-refractivity contribution in [2.45, 2.75) is 38.5 Å². The zero-order valence-corrected chi connectivity index (χ0v) is 9.54. The van der Waals surface area contributed by atoms with Gasteiger partial charge in [-0.05, 0) is 12.8 Å². The molecule has 1 aromatic heterocycles. The van der Waals surface area contributed by atoms with Gasteiger partial charge in [0.1, 0.15) is 5.82 Å². The summed E-state index contributed by atoms with van der Waals surface area (Å²) >= 11 is 0. The number of aromatic amines is 1. The van der Waals surface area contributed by atoms with Crippen LogP contribution in [0.4, 0.5) is 0 Å². The lowest BCUT2D eigenvalue weighted by atomic mass is 9.89. The summed E-state index contributed by atoms with van der Waals surface area (Å²) in [5.74, 6) is 1.42. The van der Waals surface area contributed by atoms with E-state index in [4.69, 9.17) is 0 Å². The Hall–Kier alpha value is -1.32. The third-order valence-electron chi connectivity index (χ3n) is 3.19. The number of carbonyl (C=O) groups excluding carboxylic acids is 1. The maximum atomic E-state index is 11.8. The van der Waals surface area contributed by atoms with Crippen LogP contribution in [0.5, 0.6) is 0 Å². The molecule has 88 valence electrons. The maximum absolute atomic E-state index is 11.8. The van der Waals surface area contributed by atoms with Gasteiger partial charge in [-0.1, -0.05) is 19.3 Å². The minimum Gasteiger partial charge on any atom is -0.355 e. The first-order valence-corrected chi connectivity index (χ1v) is 6.12. The van der Waals surface area contributed by atoms with E-state index in [1.165, 1.54) is 19.3 Å². The molecule has 0 spiro atoms. The van der Waals surface area contributed by atoms with Crippen molar-refractivity contribution >= 4 is 5.91 Å². The molecule has 1 aliphatic carbocycles. The lowest BCUT2D eigenvalue weighted by Crippen LogP contribution is -2.33. The SMILES string of the molecule is O=C(NCCc1ncc[nH]1)C1CCCCC1. The molecule has 1 fully saturated rings. The van der Waals surface area contributed by atoms with Gasteiger partial charge in [-0.25, -0.2) is 4.98 Å². The first kappa shape index (κ1) is 11.2. The van der Waals surface area contributed by atoms with E-state index in [9.17, 15) is 4.79 Å². The number of hydrogen-bond donors (Lipinski definition) is 2. The van der Waals surface area contributed by atoms with Gasteiger partial charge < -0.3 is 10.3 Å². The molecule has 2 N–H and O–H groups in total. The maximum Gasteiger partial charge on any atom is 0.223 e. The molecule has 0 saturated heterocycles. The molecular formula is C12H19N3O. The Morgan fingerprint density at radius 3 is 2.94 bits per heavy atom. The molecule has 0 unspecified atom stereocenters. The number of imidazole rings is 1. The summed E-state index contributed by atoms with van der Waals surface area (Å²) in [5, 5.41) is 2.99. The number of amides is 1. The molecule has 0 bridgehead atoms. The summed E-state index contributed by atoms with van der Waals surface area (Å²) in [5.41, 5.74) is 0. The zero-order valence-electron chi connectivity index (χ0n) is 9.54. The first-order valence-electron chi connectivity index (χ1n) is 6.12. The Balaban J connectivity index is 1.67. The van der Waals surface area contributed by atoms with Crippen LogP contribution in [-0.2, 0) is 11.2 Å². The average Bonchev–Trinajstić information content (AvgIpc) is 2.83. The van der Waals surface area contributed by atoms with Crippen LogP contribution in [-0.4, -0.2) is 22.4 Å². The fourth-order valence-corrected chi connectivity index (χ4v) is 2.25. The number of hydrogen-bond acceptors (Lipinski definition) is 2. The van der Waals surface area contributed by atoms with Crippen molar-refractivity contribution < 1.29 is 4.79 Å². The highest BCUT2D eigenvalue weighted by atomic mass is 16.1. The molecule has 2 rings (SSSR count). The summed E-state index contributed by atoms with van der Waals surface area (Å²) in [6.45, 7) is 0.683. The molecule has 0 atom stereocenters. The number of H-pyrrole nitrogens is 1. The lowest BCUT2D eigenvalue weighted by Gasteiger charge is -2.20. The largest absolute Gasteiger partial charge is 0.355 e. The minimum absolute atomic E-state index is 0.228. The second-order valence-corrected chi connectivity index (χ2v) is 4.41. The van der Waals surface area contributed by atoms with Crippen LogP contribution >= 0.6 is 0 Å². The Morgan fingerprint density at radius 2 is 2.25 bits per heavy atom. The highest BCUT2D eigenvalue weighted by Crippen LogP contribution is 2.23. The van der Waals surface area contributed by atoms with Crippen molar-refractivity contribution in [3.8, 4) is 0 Å². The highest BCUT2D eigenvalue weighted by molar-refractivity contribution is 5.78. The van der Waals surface area contributed by atoms with Gasteiger partial charge in [-0.3, -0.25) is 4.79 Å². The van der Waals surface area contributed by atoms with Crippen LogP contribution in [0.3, 0.4) is 0 Å². The van der Waals surface area contributed by atoms with Crippen LogP contribution in [0.2, 0.25) is 0 Å². The smallest absolute Gasteiger partial charge is 0.223 e. The number of carbonyl (C=O) groups is 1. The quantitative estimate of drug-likeness (QED) is 0.812. The molecule has 16 heavy (non-hydrogen) atoms. The highest BCUT2D eigenvalue weighted by Gasteiger charge is 2.20. The van der Waals surface area contributed by atoms with Gasteiger partial charge >= 0.3 is 0 Å². The van der Waals surface area contributed by atoms with Gasteiger partial charge in [0.2, 0.25) is 5.91 Å². The van der Waals surface area contributed by atoms with Crippen LogP contribution < -0.4 is 5.32 Å². The van der Waals surface area contributed by atoms with Crippen LogP contribution in [0, 0.1) is 5.92 Å². The van der Waals surface area contributed by atoms with E-state index in [-0.39, 0.29) is 11.8 Å². The van der Waals surface area contributed by atoms with Crippen LogP contribution in [0.25, 0.3) is 0 Å². The second-order valence-electron chi connectivity index (χ2n) is 4.41. The molecule has 1 aliphatic rings. The number of rotatable bonds is 4. The van der Waals surface area contributed by atoms with Crippen LogP contribution in [0.1, 0.15) is 37.9 Å². The molecule has 1 amide bonds. The third-order valence-corrected chi connectivity index (χ3v) is 3.19. The standard InChI is InChI=1S/C12H19N3O/c16-12(10-4-2-1-3-5-10)15-7-6-11-13-8-9-14-11/h8-10H,1-7H2,(H,13,14)(H,15,16). The average molecular weight is 221 g/mol. The topological polar surface area (TPSA) is 57.8 Å². The van der Waals surface area contributed by atoms with E-state index in [1.807, 2.05) is 0 Å². The Kier molecular flexibility index (Phi) is 3.97. The molecule has 0 aliphatic heterocycles. The molecule has 1 heterocycles. The van der Waals surface area contributed by atoms with Crippen molar-refractivity contribution in [1.82, 2.24) is 15.3 Å². The Labute approximate surface area is 95.9 Å². The van der Waals surface area contributed by atoms with Gasteiger partial charge in [-0.15, -0.1) is 0 Å². The van der Waals surface area contributed by atoms with E-state index in [0.29, 0.717) is 6.54 Å². The molecule has 4 nitrogen and oxygen atoms in total. The van der Waals surface area contributed by atoms with E-state index in [1.54, 1.807) is 12.4 Å². The van der Waals surface area contributed by atoms with Gasteiger partial charge in [0, 0.05) is 31.3 Å². The number of nitrogens with zero attached hydrogens (tertiary/aromatic N) is 1. The summed E-state index contributed by atoms with van der Waals surface area (Å²) in [7, 11) is 0. The Bertz CT molecular complexity index is 315. The fourth-order valence-electron chi connectivity index (χ4n) is 2.25. The van der Waals surface area contributed by atoms with Gasteiger partial charge in [0.05, 0.1) is 0 Å². The number of aromatic nitrogens is 2. The number of nitrogens with one attached hydrogen (secondary N) is 2. The summed E-state index contributed by atoms with van der Waals surface area (Å²) in [6.07, 6.45) is 10.1. The summed E-state index contributed by atoms with van der Waals surface area (Å²) < 4.78 is 0. The van der Waals surface area contributed by atoms with Gasteiger partial charge in [0.25, 0.3) is 0 Å². The zero-order chi connectivity index (χ0) is 11.2. The van der Waals surface area contributed by atoms with E-state index in [0.717, 1.165) is 25.1 Å². The third kappa shape index (κ3) is 3.08. The second kappa shape index (κ2) is 5.68. The molecule has 0 radical (unpaired) electrons. The molecular weight excluding hydrogens is 202 g/mol. The van der Waals surface area contributed by atoms with Gasteiger partial charge in [-0.2, -0.15) is 0 Å². The summed E-state index contributed by atoms with van der Waals surface area (Å²) in [4.78, 5) is 18.9. The molecule has 1 saturated carbocycles. The van der Waals surface area contributed by atoms with E-state index >= 15 is 0 Å². The minimum atomic E-state index is 0.228. The van der Waals surface area contributed by atoms with Crippen molar-refractivity contribution in [3.05, 3.63) is 18.2 Å². The molecule has 4 heteroatoms. The fraction of sp³-hybridized carbons (Fsp3) is 0.667. The molecule has 1 aromatic rings. The van der Waals surface area contributed by atoms with Crippen molar-refractivity contribution in [3.63, 3.8) is 0 Å². The van der Waals surface area contributed by atoms with Crippen molar-refractivity contribution in [2.24, 2.45) is 5.92 Å². The van der Waals surface area contributed by atoms with Gasteiger partial charge in [0.15, 0.2) is 0 Å². The predicted octanol–water partition coefficient (Wildman–Crippen LogP) is 1.65. The Morgan fingerprint density at radius 1 is 1.44 bits per heavy atom. The predicted molar refractivity (Wildman–Crippen MR) is 61.9 cm³/mol. The lowest BCUT2D eigenvalue weighted by molar-refractivity contribution is -0.125. The van der Waals surface area contributed by atoms with E-state index in [2.05, 4.69) is 15.3 Å². The normalized spacial score (nSPS) is 17.2. The van der Waals surface area contributed by atoms with E-state index < -0.39 is 0 Å². The first-order chi connectivity index (χ1) is 7.86. The summed E-state index contributed by atoms with van der Waals surface area (Å²) in [6, 6.07) is 0. The molecule has 0 aromatic carbocycles. The van der Waals surface area contributed by atoms with Crippen molar-refractivity contribution in [1.29, 1.82) is 0 Å². The van der Waals surface area contributed by atoms with Crippen LogP contribution in [0.15, 0.2) is 12.4 Å². The van der Waals surface area contributed by atoms with Crippen molar-refractivity contribution in [2.75, 3.05) is 6.54 Å².